The monoisotopic (exact) mass is 251 g/mol. The summed E-state index contributed by atoms with van der Waals surface area (Å²) in [6.07, 6.45) is 2.77. The van der Waals surface area contributed by atoms with Crippen LogP contribution in [0, 0.1) is 11.2 Å². The van der Waals surface area contributed by atoms with Crippen molar-refractivity contribution in [1.29, 1.82) is 0 Å². The number of anilines is 1. The topological polar surface area (TPSA) is 20.3 Å². The molecule has 0 aliphatic rings. The largest absolute Gasteiger partial charge is 0.368 e. The smallest absolute Gasteiger partial charge is 0.146 e. The van der Waals surface area contributed by atoms with Crippen molar-refractivity contribution in [2.24, 2.45) is 5.41 Å². The minimum absolute atomic E-state index is 0.232. The van der Waals surface area contributed by atoms with Crippen LogP contribution in [0.2, 0.25) is 0 Å². The van der Waals surface area contributed by atoms with E-state index in [-0.39, 0.29) is 5.82 Å². The van der Waals surface area contributed by atoms with E-state index in [1.54, 1.807) is 12.1 Å². The van der Waals surface area contributed by atoms with E-state index in [2.05, 4.69) is 6.92 Å². The lowest BCUT2D eigenvalue weighted by Gasteiger charge is -2.32. The Labute approximate surface area is 109 Å². The van der Waals surface area contributed by atoms with Gasteiger partial charge >= 0.3 is 0 Å². The van der Waals surface area contributed by atoms with Crippen LogP contribution in [0.4, 0.5) is 10.1 Å². The quantitative estimate of drug-likeness (QED) is 0.689. The molecule has 1 unspecified atom stereocenters. The molecular formula is C15H22FNO. The molecule has 0 amide bonds. The molecule has 2 nitrogen and oxygen atoms in total. The van der Waals surface area contributed by atoms with E-state index in [1.807, 2.05) is 24.8 Å². The lowest BCUT2D eigenvalue weighted by Crippen LogP contribution is -2.37. The fraction of sp³-hybridized carbons (Fsp3) is 0.533. The summed E-state index contributed by atoms with van der Waals surface area (Å²) in [5.41, 5.74) is 0.164. The predicted molar refractivity (Wildman–Crippen MR) is 73.4 cm³/mol. The average Bonchev–Trinajstić information content (AvgIpc) is 2.37. The molecule has 100 valence electrons. The first-order chi connectivity index (χ1) is 8.56. The maximum absolute atomic E-state index is 13.8. The van der Waals surface area contributed by atoms with Crippen molar-refractivity contribution in [3.8, 4) is 0 Å². The van der Waals surface area contributed by atoms with Crippen LogP contribution in [0.25, 0.3) is 0 Å². The van der Waals surface area contributed by atoms with Crippen molar-refractivity contribution in [3.05, 3.63) is 30.1 Å². The molecule has 0 bridgehead atoms. The van der Waals surface area contributed by atoms with Crippen molar-refractivity contribution in [2.45, 2.75) is 33.6 Å². The minimum Gasteiger partial charge on any atom is -0.368 e. The van der Waals surface area contributed by atoms with Crippen molar-refractivity contribution in [1.82, 2.24) is 0 Å². The van der Waals surface area contributed by atoms with Crippen molar-refractivity contribution in [3.63, 3.8) is 0 Å². The minimum atomic E-state index is -0.410. The molecule has 0 aliphatic heterocycles. The van der Waals surface area contributed by atoms with E-state index in [0.717, 1.165) is 19.1 Å². The summed E-state index contributed by atoms with van der Waals surface area (Å²) in [5.74, 6) is -0.232. The number of nitrogens with zero attached hydrogens (tertiary/aromatic N) is 1. The number of aldehydes is 1. The van der Waals surface area contributed by atoms with E-state index in [1.165, 1.54) is 6.07 Å². The number of hydrogen-bond acceptors (Lipinski definition) is 2. The number of carbonyl (C=O) groups is 1. The summed E-state index contributed by atoms with van der Waals surface area (Å²) in [5, 5.41) is 0. The van der Waals surface area contributed by atoms with Gasteiger partial charge in [0.2, 0.25) is 0 Å². The zero-order valence-corrected chi connectivity index (χ0v) is 11.4. The molecule has 0 spiro atoms. The Kier molecular flexibility index (Phi) is 5.32. The van der Waals surface area contributed by atoms with E-state index < -0.39 is 5.41 Å². The molecule has 0 fully saturated rings. The van der Waals surface area contributed by atoms with Gasteiger partial charge in [-0.1, -0.05) is 32.4 Å². The third-order valence-electron chi connectivity index (χ3n) is 3.23. The van der Waals surface area contributed by atoms with E-state index in [9.17, 15) is 9.18 Å². The molecule has 3 heteroatoms. The summed E-state index contributed by atoms with van der Waals surface area (Å²) in [6, 6.07) is 6.71. The highest BCUT2D eigenvalue weighted by Crippen LogP contribution is 2.26. The second-order valence-corrected chi connectivity index (χ2v) is 4.99. The highest BCUT2D eigenvalue weighted by Gasteiger charge is 2.26. The van der Waals surface area contributed by atoms with Crippen LogP contribution in [0.5, 0.6) is 0 Å². The Morgan fingerprint density at radius 2 is 2.00 bits per heavy atom. The Morgan fingerprint density at radius 3 is 2.50 bits per heavy atom. The zero-order valence-electron chi connectivity index (χ0n) is 11.4. The van der Waals surface area contributed by atoms with Gasteiger partial charge < -0.3 is 9.69 Å². The van der Waals surface area contributed by atoms with Crippen LogP contribution in [0.15, 0.2) is 24.3 Å². The van der Waals surface area contributed by atoms with Crippen LogP contribution >= 0.6 is 0 Å². The van der Waals surface area contributed by atoms with Gasteiger partial charge in [-0.15, -0.1) is 0 Å². The standard InChI is InChI=1S/C15H22FNO/c1-4-10-15(3,12-18)11-17(5-2)14-9-7-6-8-13(14)16/h6-9,12H,4-5,10-11H2,1-3H3. The summed E-state index contributed by atoms with van der Waals surface area (Å²) >= 11 is 0. The third kappa shape index (κ3) is 3.56. The van der Waals surface area contributed by atoms with Crippen LogP contribution in [-0.2, 0) is 4.79 Å². The fourth-order valence-corrected chi connectivity index (χ4v) is 2.26. The molecule has 0 saturated carbocycles. The Bertz CT molecular complexity index is 394. The number of hydrogen-bond donors (Lipinski definition) is 0. The van der Waals surface area contributed by atoms with Gasteiger partial charge in [0.05, 0.1) is 5.69 Å². The van der Waals surface area contributed by atoms with Crippen LogP contribution < -0.4 is 4.90 Å². The average molecular weight is 251 g/mol. The van der Waals surface area contributed by atoms with Crippen molar-refractivity contribution < 1.29 is 9.18 Å². The van der Waals surface area contributed by atoms with Crippen molar-refractivity contribution >= 4 is 12.0 Å². The molecule has 0 aliphatic carbocycles. The maximum Gasteiger partial charge on any atom is 0.146 e. The number of para-hydroxylation sites is 1. The summed E-state index contributed by atoms with van der Waals surface area (Å²) in [7, 11) is 0. The normalized spacial score (nSPS) is 14.0. The molecule has 1 atom stereocenters. The van der Waals surface area contributed by atoms with Gasteiger partial charge in [-0.2, -0.15) is 0 Å². The van der Waals surface area contributed by atoms with Gasteiger partial charge in [0.25, 0.3) is 0 Å². The van der Waals surface area contributed by atoms with Crippen LogP contribution in [-0.4, -0.2) is 19.4 Å². The summed E-state index contributed by atoms with van der Waals surface area (Å²) in [6.45, 7) is 7.22. The van der Waals surface area contributed by atoms with Crippen LogP contribution in [0.3, 0.4) is 0 Å². The number of carbonyl (C=O) groups excluding carboxylic acids is 1. The Hall–Kier alpha value is -1.38. The van der Waals surface area contributed by atoms with Gasteiger partial charge in [-0.05, 0) is 25.5 Å². The first-order valence-corrected chi connectivity index (χ1v) is 6.52. The van der Waals surface area contributed by atoms with Gasteiger partial charge in [-0.25, -0.2) is 4.39 Å². The second kappa shape index (κ2) is 6.53. The SMILES string of the molecule is CCCC(C)(C=O)CN(CC)c1ccccc1F. The molecule has 0 saturated heterocycles. The van der Waals surface area contributed by atoms with Gasteiger partial charge in [0, 0.05) is 18.5 Å². The summed E-state index contributed by atoms with van der Waals surface area (Å²) in [4.78, 5) is 13.2. The molecule has 0 N–H and O–H groups in total. The van der Waals surface area contributed by atoms with Crippen LogP contribution in [0.1, 0.15) is 33.6 Å². The first-order valence-electron chi connectivity index (χ1n) is 6.52. The van der Waals surface area contributed by atoms with Crippen molar-refractivity contribution in [2.75, 3.05) is 18.0 Å². The molecule has 0 heterocycles. The zero-order chi connectivity index (χ0) is 13.6. The van der Waals surface area contributed by atoms with E-state index in [4.69, 9.17) is 0 Å². The molecular weight excluding hydrogens is 229 g/mol. The van der Waals surface area contributed by atoms with Gasteiger partial charge in [0.1, 0.15) is 12.1 Å². The molecule has 0 aromatic heterocycles. The number of benzene rings is 1. The van der Waals surface area contributed by atoms with Gasteiger partial charge in [-0.3, -0.25) is 0 Å². The Balaban J connectivity index is 2.91. The third-order valence-corrected chi connectivity index (χ3v) is 3.23. The molecule has 18 heavy (non-hydrogen) atoms. The lowest BCUT2D eigenvalue weighted by atomic mass is 9.86. The fourth-order valence-electron chi connectivity index (χ4n) is 2.26. The first kappa shape index (κ1) is 14.7. The molecule has 1 aromatic carbocycles. The molecule has 1 aromatic rings. The summed E-state index contributed by atoms with van der Waals surface area (Å²) < 4.78 is 13.8. The predicted octanol–water partition coefficient (Wildman–Crippen LogP) is 3.66. The Morgan fingerprint density at radius 1 is 1.33 bits per heavy atom. The maximum atomic E-state index is 13.8. The van der Waals surface area contributed by atoms with E-state index in [0.29, 0.717) is 18.8 Å². The van der Waals surface area contributed by atoms with Gasteiger partial charge in [0.15, 0.2) is 0 Å². The number of halogens is 1. The van der Waals surface area contributed by atoms with E-state index >= 15 is 0 Å². The molecule has 0 radical (unpaired) electrons. The highest BCUT2D eigenvalue weighted by atomic mass is 19.1. The second-order valence-electron chi connectivity index (χ2n) is 4.99. The highest BCUT2D eigenvalue weighted by molar-refractivity contribution is 5.61. The number of rotatable bonds is 7. The molecule has 1 rings (SSSR count). The lowest BCUT2D eigenvalue weighted by molar-refractivity contribution is -0.115.